The minimum absolute atomic E-state index is 0.295. The Bertz CT molecular complexity index is 760. The molecule has 1 aromatic heterocycles. The van der Waals surface area contributed by atoms with Gasteiger partial charge in [0.2, 0.25) is 5.95 Å². The number of anilines is 2. The summed E-state index contributed by atoms with van der Waals surface area (Å²) in [4.78, 5) is 21.2. The number of hydrogen-bond donors (Lipinski definition) is 2. The molecule has 26 heavy (non-hydrogen) atoms. The first-order valence-electron chi connectivity index (χ1n) is 8.82. The van der Waals surface area contributed by atoms with Crippen molar-refractivity contribution in [3.8, 4) is 11.5 Å². The van der Waals surface area contributed by atoms with Crippen molar-refractivity contribution in [1.29, 1.82) is 0 Å². The highest BCUT2D eigenvalue weighted by atomic mass is 16.5. The highest BCUT2D eigenvalue weighted by molar-refractivity contribution is 6.03. The van der Waals surface area contributed by atoms with Crippen molar-refractivity contribution in [2.45, 2.75) is 38.1 Å². The van der Waals surface area contributed by atoms with Crippen LogP contribution in [0.15, 0.2) is 30.5 Å². The number of methoxy groups -OCH3 is 2. The van der Waals surface area contributed by atoms with Crippen molar-refractivity contribution < 1.29 is 14.3 Å². The van der Waals surface area contributed by atoms with Gasteiger partial charge in [-0.25, -0.2) is 9.97 Å². The summed E-state index contributed by atoms with van der Waals surface area (Å²) in [6.45, 7) is 0. The van der Waals surface area contributed by atoms with Gasteiger partial charge in [0.05, 0.1) is 19.9 Å². The predicted molar refractivity (Wildman–Crippen MR) is 100 cm³/mol. The molecule has 1 aliphatic carbocycles. The highest BCUT2D eigenvalue weighted by Crippen LogP contribution is 2.29. The zero-order valence-electron chi connectivity index (χ0n) is 15.1. The van der Waals surface area contributed by atoms with Gasteiger partial charge in [0.1, 0.15) is 17.2 Å². The van der Waals surface area contributed by atoms with Crippen LogP contribution in [0.1, 0.15) is 42.6 Å². The van der Waals surface area contributed by atoms with Gasteiger partial charge in [-0.1, -0.05) is 19.3 Å². The summed E-state index contributed by atoms with van der Waals surface area (Å²) in [5.41, 5.74) is 0.820. The summed E-state index contributed by atoms with van der Waals surface area (Å²) in [5, 5.41) is 6.16. The average molecular weight is 356 g/mol. The van der Waals surface area contributed by atoms with Gasteiger partial charge in [-0.2, -0.15) is 0 Å². The molecule has 1 saturated carbocycles. The lowest BCUT2D eigenvalue weighted by Gasteiger charge is -2.22. The topological polar surface area (TPSA) is 85.4 Å². The summed E-state index contributed by atoms with van der Waals surface area (Å²) in [6, 6.07) is 7.18. The van der Waals surface area contributed by atoms with Crippen LogP contribution in [0.4, 0.5) is 11.6 Å². The fourth-order valence-corrected chi connectivity index (χ4v) is 3.08. The molecule has 7 heteroatoms. The van der Waals surface area contributed by atoms with E-state index in [0.717, 1.165) is 12.8 Å². The van der Waals surface area contributed by atoms with Crippen LogP contribution in [0.2, 0.25) is 0 Å². The average Bonchev–Trinajstić information content (AvgIpc) is 2.69. The van der Waals surface area contributed by atoms with Crippen molar-refractivity contribution in [2.24, 2.45) is 0 Å². The molecule has 1 aromatic carbocycles. The number of carbonyl (C=O) groups excluding carboxylic acids is 1. The van der Waals surface area contributed by atoms with Crippen LogP contribution >= 0.6 is 0 Å². The van der Waals surface area contributed by atoms with E-state index < -0.39 is 0 Å². The van der Waals surface area contributed by atoms with Gasteiger partial charge in [0.25, 0.3) is 5.91 Å². The van der Waals surface area contributed by atoms with Crippen molar-refractivity contribution in [1.82, 2.24) is 9.97 Å². The molecule has 1 aliphatic rings. The standard InChI is InChI=1S/C19H24N4O3/c1-25-14-8-9-17(26-2)16(12-14)22-18(24)15-10-11-20-19(23-15)21-13-6-4-3-5-7-13/h8-13H,3-7H2,1-2H3,(H,22,24)(H,20,21,23). The minimum Gasteiger partial charge on any atom is -0.497 e. The normalized spacial score (nSPS) is 14.5. The van der Waals surface area contributed by atoms with Crippen LogP contribution in [0.25, 0.3) is 0 Å². The van der Waals surface area contributed by atoms with Gasteiger partial charge in [-0.3, -0.25) is 4.79 Å². The second kappa shape index (κ2) is 8.51. The number of ether oxygens (including phenoxy) is 2. The van der Waals surface area contributed by atoms with Crippen LogP contribution < -0.4 is 20.1 Å². The highest BCUT2D eigenvalue weighted by Gasteiger charge is 2.16. The third-order valence-electron chi connectivity index (χ3n) is 4.48. The molecule has 0 unspecified atom stereocenters. The Morgan fingerprint density at radius 1 is 1.12 bits per heavy atom. The second-order valence-corrected chi connectivity index (χ2v) is 6.27. The van der Waals surface area contributed by atoms with Crippen LogP contribution in [0.5, 0.6) is 11.5 Å². The summed E-state index contributed by atoms with van der Waals surface area (Å²) in [5.74, 6) is 1.34. The fourth-order valence-electron chi connectivity index (χ4n) is 3.08. The van der Waals surface area contributed by atoms with Crippen molar-refractivity contribution in [3.63, 3.8) is 0 Å². The number of nitrogens with one attached hydrogen (secondary N) is 2. The summed E-state index contributed by atoms with van der Waals surface area (Å²) in [6.07, 6.45) is 7.53. The smallest absolute Gasteiger partial charge is 0.274 e. The lowest BCUT2D eigenvalue weighted by molar-refractivity contribution is 0.102. The largest absolute Gasteiger partial charge is 0.497 e. The lowest BCUT2D eigenvalue weighted by atomic mass is 9.96. The fraction of sp³-hybridized carbons (Fsp3) is 0.421. The molecule has 1 fully saturated rings. The molecule has 0 saturated heterocycles. The van der Waals surface area contributed by atoms with Crippen molar-refractivity contribution in [3.05, 3.63) is 36.2 Å². The number of amides is 1. The molecule has 0 atom stereocenters. The lowest BCUT2D eigenvalue weighted by Crippen LogP contribution is -2.24. The first-order valence-corrected chi connectivity index (χ1v) is 8.82. The van der Waals surface area contributed by atoms with Gasteiger partial charge < -0.3 is 20.1 Å². The van der Waals surface area contributed by atoms with Gasteiger partial charge >= 0.3 is 0 Å². The van der Waals surface area contributed by atoms with Gasteiger partial charge in [-0.15, -0.1) is 0 Å². The number of benzene rings is 1. The van der Waals surface area contributed by atoms with Gasteiger partial charge in [0.15, 0.2) is 0 Å². The minimum atomic E-state index is -0.328. The number of aromatic nitrogens is 2. The van der Waals surface area contributed by atoms with Crippen LogP contribution in [-0.4, -0.2) is 36.1 Å². The van der Waals surface area contributed by atoms with E-state index in [4.69, 9.17) is 9.47 Å². The molecular weight excluding hydrogens is 332 g/mol. The molecule has 0 radical (unpaired) electrons. The van der Waals surface area contributed by atoms with E-state index in [1.165, 1.54) is 19.3 Å². The van der Waals surface area contributed by atoms with Crippen molar-refractivity contribution in [2.75, 3.05) is 24.9 Å². The second-order valence-electron chi connectivity index (χ2n) is 6.27. The van der Waals surface area contributed by atoms with Crippen molar-refractivity contribution >= 4 is 17.5 Å². The number of nitrogens with zero attached hydrogens (tertiary/aromatic N) is 2. The summed E-state index contributed by atoms with van der Waals surface area (Å²) >= 11 is 0. The molecule has 1 heterocycles. The molecule has 3 rings (SSSR count). The van der Waals surface area contributed by atoms with Gasteiger partial charge in [0, 0.05) is 18.3 Å². The third kappa shape index (κ3) is 4.41. The molecule has 0 aliphatic heterocycles. The van der Waals surface area contributed by atoms with E-state index in [-0.39, 0.29) is 5.91 Å². The molecule has 7 nitrogen and oxygen atoms in total. The maximum Gasteiger partial charge on any atom is 0.274 e. The quantitative estimate of drug-likeness (QED) is 0.824. The Hall–Kier alpha value is -2.83. The molecule has 2 N–H and O–H groups in total. The zero-order chi connectivity index (χ0) is 18.4. The zero-order valence-corrected chi connectivity index (χ0v) is 15.1. The van der Waals surface area contributed by atoms with Gasteiger partial charge in [-0.05, 0) is 31.0 Å². The Balaban J connectivity index is 1.72. The summed E-state index contributed by atoms with van der Waals surface area (Å²) in [7, 11) is 3.12. The monoisotopic (exact) mass is 356 g/mol. The Morgan fingerprint density at radius 2 is 1.92 bits per heavy atom. The van der Waals surface area contributed by atoms with E-state index >= 15 is 0 Å². The maximum atomic E-state index is 12.6. The maximum absolute atomic E-state index is 12.6. The Kier molecular flexibility index (Phi) is 5.88. The Labute approximate surface area is 153 Å². The van der Waals surface area contributed by atoms with Crippen LogP contribution in [0, 0.1) is 0 Å². The first-order chi connectivity index (χ1) is 12.7. The van der Waals surface area contributed by atoms with E-state index in [2.05, 4.69) is 20.6 Å². The van der Waals surface area contributed by atoms with Crippen LogP contribution in [-0.2, 0) is 0 Å². The molecule has 2 aromatic rings. The SMILES string of the molecule is COc1ccc(OC)c(NC(=O)c2ccnc(NC3CCCCC3)n2)c1. The number of rotatable bonds is 6. The van der Waals surface area contributed by atoms with E-state index in [0.29, 0.717) is 34.9 Å². The molecule has 1 amide bonds. The number of carbonyl (C=O) groups is 1. The third-order valence-corrected chi connectivity index (χ3v) is 4.48. The van der Waals surface area contributed by atoms with E-state index in [1.54, 1.807) is 44.7 Å². The van der Waals surface area contributed by atoms with Crippen LogP contribution in [0.3, 0.4) is 0 Å². The molecule has 0 spiro atoms. The predicted octanol–water partition coefficient (Wildman–Crippen LogP) is 3.49. The Morgan fingerprint density at radius 3 is 2.65 bits per heavy atom. The summed E-state index contributed by atoms with van der Waals surface area (Å²) < 4.78 is 10.5. The molecule has 0 bridgehead atoms. The van der Waals surface area contributed by atoms with E-state index in [9.17, 15) is 4.79 Å². The molecule has 138 valence electrons. The number of hydrogen-bond acceptors (Lipinski definition) is 6. The van der Waals surface area contributed by atoms with E-state index in [1.807, 2.05) is 0 Å². The molecular formula is C19H24N4O3. The first kappa shape index (κ1) is 18.0.